The normalized spacial score (nSPS) is 9.94. The van der Waals surface area contributed by atoms with E-state index in [9.17, 15) is 14.0 Å². The van der Waals surface area contributed by atoms with Crippen molar-refractivity contribution >= 4 is 29.2 Å². The highest BCUT2D eigenvalue weighted by Gasteiger charge is 2.22. The van der Waals surface area contributed by atoms with Gasteiger partial charge in [-0.25, -0.2) is 9.18 Å². The lowest BCUT2D eigenvalue weighted by atomic mass is 10.2. The second kappa shape index (κ2) is 5.14. The van der Waals surface area contributed by atoms with Crippen LogP contribution in [0.1, 0.15) is 5.56 Å². The van der Waals surface area contributed by atoms with Gasteiger partial charge in [0, 0.05) is 7.05 Å². The van der Waals surface area contributed by atoms with Gasteiger partial charge < -0.3 is 9.64 Å². The van der Waals surface area contributed by atoms with E-state index >= 15 is 0 Å². The lowest BCUT2D eigenvalue weighted by Crippen LogP contribution is -2.34. The van der Waals surface area contributed by atoms with Crippen molar-refractivity contribution in [2.24, 2.45) is 0 Å². The van der Waals surface area contributed by atoms with Crippen LogP contribution in [0.2, 0.25) is 5.02 Å². The lowest BCUT2D eigenvalue weighted by Gasteiger charge is -2.17. The van der Waals surface area contributed by atoms with E-state index in [0.29, 0.717) is 5.56 Å². The van der Waals surface area contributed by atoms with E-state index in [2.05, 4.69) is 4.74 Å². The number of anilines is 1. The number of likely N-dealkylation sites (N-methyl/N-ethyl adjacent to an activating group) is 1. The number of benzene rings is 1. The third kappa shape index (κ3) is 2.74. The van der Waals surface area contributed by atoms with Crippen LogP contribution in [-0.4, -0.2) is 26.0 Å². The summed E-state index contributed by atoms with van der Waals surface area (Å²) in [7, 11) is 2.40. The van der Waals surface area contributed by atoms with Crippen LogP contribution in [0.25, 0.3) is 0 Å². The Labute approximate surface area is 103 Å². The summed E-state index contributed by atoms with van der Waals surface area (Å²) in [6.07, 6.45) is 0. The third-order valence-electron chi connectivity index (χ3n) is 2.25. The Balaban J connectivity index is 3.12. The molecule has 4 nitrogen and oxygen atoms in total. The second-order valence-corrected chi connectivity index (χ2v) is 3.82. The number of amides is 1. The number of aryl methyl sites for hydroxylation is 1. The number of nitrogens with zero attached hydrogens (tertiary/aromatic N) is 1. The van der Waals surface area contributed by atoms with Crippen molar-refractivity contribution in [3.63, 3.8) is 0 Å². The molecule has 0 aliphatic heterocycles. The number of rotatable bonds is 1. The lowest BCUT2D eigenvalue weighted by molar-refractivity contribution is -0.151. The topological polar surface area (TPSA) is 46.6 Å². The first-order valence-electron chi connectivity index (χ1n) is 4.70. The zero-order chi connectivity index (χ0) is 13.2. The largest absolute Gasteiger partial charge is 0.462 e. The molecule has 0 spiro atoms. The maximum absolute atomic E-state index is 13.4. The van der Waals surface area contributed by atoms with Crippen LogP contribution in [-0.2, 0) is 14.3 Å². The molecule has 6 heteroatoms. The van der Waals surface area contributed by atoms with Crippen LogP contribution in [0.5, 0.6) is 0 Å². The van der Waals surface area contributed by atoms with Gasteiger partial charge in [0.1, 0.15) is 5.82 Å². The van der Waals surface area contributed by atoms with Crippen molar-refractivity contribution in [3.8, 4) is 0 Å². The molecule has 0 heterocycles. The summed E-state index contributed by atoms with van der Waals surface area (Å²) in [5.74, 6) is -2.46. The molecule has 1 aromatic carbocycles. The van der Waals surface area contributed by atoms with E-state index in [4.69, 9.17) is 11.6 Å². The number of halogens is 2. The van der Waals surface area contributed by atoms with Gasteiger partial charge in [-0.1, -0.05) is 11.6 Å². The van der Waals surface area contributed by atoms with Gasteiger partial charge in [-0.2, -0.15) is 0 Å². The number of ether oxygens (including phenoxy) is 1. The van der Waals surface area contributed by atoms with Gasteiger partial charge >= 0.3 is 11.9 Å². The predicted octanol–water partition coefficient (Wildman–Crippen LogP) is 1.92. The van der Waals surface area contributed by atoms with Crippen LogP contribution in [0.4, 0.5) is 10.1 Å². The number of carbonyl (C=O) groups is 2. The molecule has 0 unspecified atom stereocenters. The molecule has 0 aromatic heterocycles. The maximum atomic E-state index is 13.4. The van der Waals surface area contributed by atoms with Crippen molar-refractivity contribution in [3.05, 3.63) is 28.5 Å². The van der Waals surface area contributed by atoms with E-state index in [-0.39, 0.29) is 10.7 Å². The van der Waals surface area contributed by atoms with Crippen molar-refractivity contribution in [1.29, 1.82) is 0 Å². The number of hydrogen-bond acceptors (Lipinski definition) is 3. The van der Waals surface area contributed by atoms with Gasteiger partial charge in [-0.15, -0.1) is 0 Å². The predicted molar refractivity (Wildman–Crippen MR) is 61.6 cm³/mol. The van der Waals surface area contributed by atoms with Crippen LogP contribution in [0.15, 0.2) is 12.1 Å². The molecule has 0 radical (unpaired) electrons. The van der Waals surface area contributed by atoms with E-state index in [1.807, 2.05) is 0 Å². The quantitative estimate of drug-likeness (QED) is 0.572. The summed E-state index contributed by atoms with van der Waals surface area (Å²) in [4.78, 5) is 23.5. The van der Waals surface area contributed by atoms with Gasteiger partial charge in [0.2, 0.25) is 0 Å². The Morgan fingerprint density at radius 1 is 1.41 bits per heavy atom. The first-order valence-corrected chi connectivity index (χ1v) is 5.08. The van der Waals surface area contributed by atoms with Crippen LogP contribution < -0.4 is 4.90 Å². The highest BCUT2D eigenvalue weighted by Crippen LogP contribution is 2.28. The molecule has 0 atom stereocenters. The van der Waals surface area contributed by atoms with E-state index < -0.39 is 17.7 Å². The van der Waals surface area contributed by atoms with E-state index in [1.54, 1.807) is 6.92 Å². The first-order chi connectivity index (χ1) is 7.88. The summed E-state index contributed by atoms with van der Waals surface area (Å²) in [6.45, 7) is 1.55. The Morgan fingerprint density at radius 2 is 2.00 bits per heavy atom. The summed E-state index contributed by atoms with van der Waals surface area (Å²) in [5.41, 5.74) is 0.475. The number of methoxy groups -OCH3 is 1. The fraction of sp³-hybridized carbons (Fsp3) is 0.273. The molecular weight excluding hydrogens is 249 g/mol. The fourth-order valence-electron chi connectivity index (χ4n) is 1.23. The Morgan fingerprint density at radius 3 is 2.53 bits per heavy atom. The number of esters is 1. The monoisotopic (exact) mass is 259 g/mol. The molecule has 1 amide bonds. The van der Waals surface area contributed by atoms with Gasteiger partial charge in [0.25, 0.3) is 0 Å². The Hall–Kier alpha value is -1.62. The average Bonchev–Trinajstić information content (AvgIpc) is 2.31. The maximum Gasteiger partial charge on any atom is 0.397 e. The van der Waals surface area contributed by atoms with E-state index in [1.165, 1.54) is 13.1 Å². The molecule has 0 N–H and O–H groups in total. The Kier molecular flexibility index (Phi) is 4.07. The first kappa shape index (κ1) is 13.4. The van der Waals surface area contributed by atoms with Gasteiger partial charge in [0.05, 0.1) is 17.8 Å². The number of carbonyl (C=O) groups excluding carboxylic acids is 2. The summed E-state index contributed by atoms with van der Waals surface area (Å²) < 4.78 is 17.6. The SMILES string of the molecule is COC(=O)C(=O)N(C)c1cc(F)c(C)cc1Cl. The third-order valence-corrected chi connectivity index (χ3v) is 2.56. The van der Waals surface area contributed by atoms with Gasteiger partial charge in [0.15, 0.2) is 0 Å². The smallest absolute Gasteiger partial charge is 0.397 e. The molecule has 17 heavy (non-hydrogen) atoms. The molecule has 0 aliphatic carbocycles. The minimum Gasteiger partial charge on any atom is -0.462 e. The van der Waals surface area contributed by atoms with Crippen LogP contribution in [0, 0.1) is 12.7 Å². The van der Waals surface area contributed by atoms with Crippen molar-refractivity contribution in [2.45, 2.75) is 6.92 Å². The highest BCUT2D eigenvalue weighted by molar-refractivity contribution is 6.40. The summed E-state index contributed by atoms with van der Waals surface area (Å²) >= 11 is 5.88. The molecule has 92 valence electrons. The minimum atomic E-state index is -1.04. The molecular formula is C11H11ClFNO3. The van der Waals surface area contributed by atoms with Crippen molar-refractivity contribution in [1.82, 2.24) is 0 Å². The molecule has 1 rings (SSSR count). The van der Waals surface area contributed by atoms with Crippen LogP contribution in [0.3, 0.4) is 0 Å². The second-order valence-electron chi connectivity index (χ2n) is 3.41. The molecule has 0 saturated carbocycles. The van der Waals surface area contributed by atoms with Gasteiger partial charge in [-0.05, 0) is 24.6 Å². The summed E-state index contributed by atoms with van der Waals surface area (Å²) in [6, 6.07) is 2.48. The zero-order valence-electron chi connectivity index (χ0n) is 9.58. The average molecular weight is 260 g/mol. The standard InChI is InChI=1S/C11H11ClFNO3/c1-6-4-7(12)9(5-8(6)13)14(2)10(15)11(16)17-3/h4-5H,1-3H3. The summed E-state index contributed by atoms with van der Waals surface area (Å²) in [5, 5.41) is 0.184. The van der Waals surface area contributed by atoms with Crippen LogP contribution >= 0.6 is 11.6 Å². The zero-order valence-corrected chi connectivity index (χ0v) is 10.3. The molecule has 0 aliphatic rings. The molecule has 1 aromatic rings. The minimum absolute atomic E-state index is 0.116. The molecule has 0 saturated heterocycles. The fourth-order valence-corrected chi connectivity index (χ4v) is 1.57. The van der Waals surface area contributed by atoms with Gasteiger partial charge in [-0.3, -0.25) is 4.79 Å². The molecule has 0 fully saturated rings. The number of hydrogen-bond donors (Lipinski definition) is 0. The highest BCUT2D eigenvalue weighted by atomic mass is 35.5. The molecule has 0 bridgehead atoms. The Bertz CT molecular complexity index is 476. The van der Waals surface area contributed by atoms with Crippen molar-refractivity contribution in [2.75, 3.05) is 19.1 Å². The van der Waals surface area contributed by atoms with E-state index in [0.717, 1.165) is 18.1 Å². The van der Waals surface area contributed by atoms with Crippen molar-refractivity contribution < 1.29 is 18.7 Å².